The van der Waals surface area contributed by atoms with Crippen molar-refractivity contribution in [2.24, 2.45) is 0 Å². The van der Waals surface area contributed by atoms with Crippen LogP contribution in [0.5, 0.6) is 0 Å². The Morgan fingerprint density at radius 1 is 1.21 bits per heavy atom. The van der Waals surface area contributed by atoms with Crippen molar-refractivity contribution in [3.05, 3.63) is 77.5 Å². The van der Waals surface area contributed by atoms with Gasteiger partial charge < -0.3 is 5.32 Å². The summed E-state index contributed by atoms with van der Waals surface area (Å²) in [6.45, 7) is 2.04. The van der Waals surface area contributed by atoms with Crippen LogP contribution in [-0.4, -0.2) is 45.6 Å². The Labute approximate surface area is 195 Å². The Kier molecular flexibility index (Phi) is 5.60. The SMILES string of the molecule is Cc1nn(C2CCS(=O)(=O)C2)c2nc(-c3ccccc3F)cc(C(=O)NCc3ccncc3)c12. The topological polar surface area (TPSA) is 107 Å². The summed E-state index contributed by atoms with van der Waals surface area (Å²) in [7, 11) is -3.17. The van der Waals surface area contributed by atoms with E-state index in [1.54, 1.807) is 60.4 Å². The number of hydrogen-bond donors (Lipinski definition) is 1. The first kappa shape index (κ1) is 22.1. The fourth-order valence-corrected chi connectivity index (χ4v) is 5.99. The molecule has 4 aromatic rings. The standard InChI is InChI=1S/C24H22FN5O3S/c1-15-22-19(24(31)27-13-16-6-9-26-10-7-16)12-21(18-4-2-3-5-20(18)25)28-23(22)30(29-15)17-8-11-34(32,33)14-17/h2-7,9-10,12,17H,8,11,13-14H2,1H3,(H,27,31). The summed E-state index contributed by atoms with van der Waals surface area (Å²) in [4.78, 5) is 21.9. The predicted molar refractivity (Wildman–Crippen MR) is 125 cm³/mol. The second-order valence-corrected chi connectivity index (χ2v) is 10.6. The van der Waals surface area contributed by atoms with Crippen molar-refractivity contribution in [3.8, 4) is 11.3 Å². The largest absolute Gasteiger partial charge is 0.348 e. The van der Waals surface area contributed by atoms with Crippen molar-refractivity contribution in [1.29, 1.82) is 0 Å². The number of rotatable bonds is 5. The molecular formula is C24H22FN5O3S. The molecule has 3 aromatic heterocycles. The molecule has 1 unspecified atom stereocenters. The van der Waals surface area contributed by atoms with Crippen LogP contribution in [0.1, 0.15) is 34.1 Å². The third-order valence-electron chi connectivity index (χ3n) is 5.99. The van der Waals surface area contributed by atoms with Crippen molar-refractivity contribution in [2.75, 3.05) is 11.5 Å². The van der Waals surface area contributed by atoms with Crippen LogP contribution in [0.15, 0.2) is 54.9 Å². The van der Waals surface area contributed by atoms with Crippen LogP contribution >= 0.6 is 0 Å². The summed E-state index contributed by atoms with van der Waals surface area (Å²) in [5, 5.41) is 7.99. The first-order chi connectivity index (χ1) is 16.3. The first-order valence-corrected chi connectivity index (χ1v) is 12.7. The Morgan fingerprint density at radius 2 is 1.97 bits per heavy atom. The maximum absolute atomic E-state index is 14.6. The molecule has 174 valence electrons. The molecule has 34 heavy (non-hydrogen) atoms. The molecule has 0 aliphatic carbocycles. The van der Waals surface area contributed by atoms with Crippen LogP contribution in [0.4, 0.5) is 4.39 Å². The Morgan fingerprint density at radius 3 is 2.68 bits per heavy atom. The van der Waals surface area contributed by atoms with Gasteiger partial charge in [-0.15, -0.1) is 0 Å². The molecule has 5 rings (SSSR count). The number of hydrogen-bond acceptors (Lipinski definition) is 6. The molecule has 1 amide bonds. The number of nitrogens with zero attached hydrogens (tertiary/aromatic N) is 4. The highest BCUT2D eigenvalue weighted by atomic mass is 32.2. The van der Waals surface area contributed by atoms with Crippen LogP contribution in [0.3, 0.4) is 0 Å². The van der Waals surface area contributed by atoms with Crippen LogP contribution in [-0.2, 0) is 16.4 Å². The fraction of sp³-hybridized carbons (Fsp3) is 0.250. The van der Waals surface area contributed by atoms with E-state index in [0.717, 1.165) is 5.56 Å². The molecule has 0 saturated carbocycles. The molecule has 10 heteroatoms. The highest BCUT2D eigenvalue weighted by Crippen LogP contribution is 2.32. The molecule has 0 spiro atoms. The van der Waals surface area contributed by atoms with Crippen molar-refractivity contribution >= 4 is 26.8 Å². The van der Waals surface area contributed by atoms with Crippen LogP contribution < -0.4 is 5.32 Å². The number of pyridine rings is 2. The first-order valence-electron chi connectivity index (χ1n) is 10.8. The number of benzene rings is 1. The number of carbonyl (C=O) groups is 1. The van der Waals surface area contributed by atoms with E-state index in [4.69, 9.17) is 0 Å². The van der Waals surface area contributed by atoms with E-state index < -0.39 is 21.7 Å². The summed E-state index contributed by atoms with van der Waals surface area (Å²) in [6.07, 6.45) is 3.70. The normalized spacial score (nSPS) is 17.2. The van der Waals surface area contributed by atoms with Gasteiger partial charge in [0.05, 0.1) is 39.9 Å². The van der Waals surface area contributed by atoms with Crippen molar-refractivity contribution in [3.63, 3.8) is 0 Å². The van der Waals surface area contributed by atoms with Gasteiger partial charge in [0, 0.05) is 24.5 Å². The third-order valence-corrected chi connectivity index (χ3v) is 7.74. The number of amides is 1. The van der Waals surface area contributed by atoms with E-state index in [-0.39, 0.29) is 35.2 Å². The molecular weight excluding hydrogens is 457 g/mol. The van der Waals surface area contributed by atoms with E-state index >= 15 is 0 Å². The number of halogens is 1. The number of nitrogens with one attached hydrogen (secondary N) is 1. The molecule has 8 nitrogen and oxygen atoms in total. The number of aromatic nitrogens is 4. The van der Waals surface area contributed by atoms with Crippen molar-refractivity contribution < 1.29 is 17.6 Å². The zero-order chi connectivity index (χ0) is 23.9. The average Bonchev–Trinajstić information content (AvgIpc) is 3.36. The molecule has 1 atom stereocenters. The number of carbonyl (C=O) groups excluding carboxylic acids is 1. The lowest BCUT2D eigenvalue weighted by molar-refractivity contribution is 0.0952. The van der Waals surface area contributed by atoms with Crippen LogP contribution in [0.2, 0.25) is 0 Å². The molecule has 1 aliphatic heterocycles. The molecule has 0 radical (unpaired) electrons. The molecule has 1 N–H and O–H groups in total. The van der Waals surface area contributed by atoms with E-state index in [1.807, 2.05) is 0 Å². The lowest BCUT2D eigenvalue weighted by Crippen LogP contribution is -2.23. The minimum absolute atomic E-state index is 0.0433. The summed E-state index contributed by atoms with van der Waals surface area (Å²) in [5.41, 5.74) is 2.64. The van der Waals surface area contributed by atoms with E-state index in [2.05, 4.69) is 20.4 Å². The zero-order valence-corrected chi connectivity index (χ0v) is 19.2. The van der Waals surface area contributed by atoms with Crippen LogP contribution in [0.25, 0.3) is 22.3 Å². The van der Waals surface area contributed by atoms with E-state index in [0.29, 0.717) is 28.7 Å². The van der Waals surface area contributed by atoms with Gasteiger partial charge in [0.25, 0.3) is 5.91 Å². The number of sulfone groups is 1. The summed E-state index contributed by atoms with van der Waals surface area (Å²) < 4.78 is 40.4. The van der Waals surface area contributed by atoms with E-state index in [9.17, 15) is 17.6 Å². The minimum atomic E-state index is -3.17. The smallest absolute Gasteiger partial charge is 0.252 e. The second-order valence-electron chi connectivity index (χ2n) is 8.36. The van der Waals surface area contributed by atoms with Gasteiger partial charge in [-0.3, -0.25) is 9.78 Å². The van der Waals surface area contributed by atoms with Gasteiger partial charge in [0.2, 0.25) is 0 Å². The monoisotopic (exact) mass is 479 g/mol. The van der Waals surface area contributed by atoms with Gasteiger partial charge in [-0.1, -0.05) is 12.1 Å². The fourth-order valence-electron chi connectivity index (χ4n) is 4.30. The lowest BCUT2D eigenvalue weighted by Gasteiger charge is -2.13. The van der Waals surface area contributed by atoms with Gasteiger partial charge in [-0.05, 0) is 49.2 Å². The maximum atomic E-state index is 14.6. The predicted octanol–water partition coefficient (Wildman–Crippen LogP) is 3.23. The van der Waals surface area contributed by atoms with Gasteiger partial charge in [-0.25, -0.2) is 22.5 Å². The lowest BCUT2D eigenvalue weighted by atomic mass is 10.0. The Balaban J connectivity index is 1.64. The number of aryl methyl sites for hydroxylation is 1. The molecule has 1 saturated heterocycles. The molecule has 1 aromatic carbocycles. The van der Waals surface area contributed by atoms with E-state index in [1.165, 1.54) is 6.07 Å². The molecule has 1 fully saturated rings. The van der Waals surface area contributed by atoms with Crippen molar-refractivity contribution in [2.45, 2.75) is 25.9 Å². The zero-order valence-electron chi connectivity index (χ0n) is 18.4. The highest BCUT2D eigenvalue weighted by molar-refractivity contribution is 7.91. The van der Waals surface area contributed by atoms with Gasteiger partial charge in [0.1, 0.15) is 5.82 Å². The van der Waals surface area contributed by atoms with Gasteiger partial charge >= 0.3 is 0 Å². The van der Waals surface area contributed by atoms with Gasteiger partial charge in [-0.2, -0.15) is 5.10 Å². The van der Waals surface area contributed by atoms with Gasteiger partial charge in [0.15, 0.2) is 15.5 Å². The second kappa shape index (κ2) is 8.60. The van der Waals surface area contributed by atoms with Crippen LogP contribution in [0, 0.1) is 12.7 Å². The Bertz CT molecular complexity index is 1500. The average molecular weight is 480 g/mol. The quantitative estimate of drug-likeness (QED) is 0.471. The highest BCUT2D eigenvalue weighted by Gasteiger charge is 2.32. The summed E-state index contributed by atoms with van der Waals surface area (Å²) in [5.74, 6) is -0.796. The number of fused-ring (bicyclic) bond motifs is 1. The van der Waals surface area contributed by atoms with Crippen molar-refractivity contribution in [1.82, 2.24) is 25.1 Å². The Hall–Kier alpha value is -3.66. The summed E-state index contributed by atoms with van der Waals surface area (Å²) >= 11 is 0. The third kappa shape index (κ3) is 4.16. The summed E-state index contributed by atoms with van der Waals surface area (Å²) in [6, 6.07) is 11.0. The maximum Gasteiger partial charge on any atom is 0.252 e. The molecule has 0 bridgehead atoms. The minimum Gasteiger partial charge on any atom is -0.348 e. The molecule has 4 heterocycles. The molecule has 1 aliphatic rings.